The molecule has 1 aromatic rings. The van der Waals surface area contributed by atoms with Gasteiger partial charge in [0.2, 0.25) is 0 Å². The number of rotatable bonds is 1. The van der Waals surface area contributed by atoms with Crippen molar-refractivity contribution in [2.24, 2.45) is 5.41 Å². The molecule has 1 heterocycles. The predicted octanol–water partition coefficient (Wildman–Crippen LogP) is 4.25. The fourth-order valence-electron chi connectivity index (χ4n) is 2.70. The quantitative estimate of drug-likeness (QED) is 0.770. The van der Waals surface area contributed by atoms with Crippen molar-refractivity contribution in [2.45, 2.75) is 40.0 Å². The highest BCUT2D eigenvalue weighted by Crippen LogP contribution is 2.34. The Hall–Kier alpha value is -0.890. The molecule has 2 rings (SSSR count). The molecular formula is C15H23ClN2. The van der Waals surface area contributed by atoms with Gasteiger partial charge in [0, 0.05) is 18.8 Å². The van der Waals surface area contributed by atoms with Crippen LogP contribution < -0.4 is 10.6 Å². The Bertz CT molecular complexity index is 440. The van der Waals surface area contributed by atoms with Crippen LogP contribution in [0.15, 0.2) is 12.1 Å². The van der Waals surface area contributed by atoms with Crippen molar-refractivity contribution in [3.63, 3.8) is 0 Å². The summed E-state index contributed by atoms with van der Waals surface area (Å²) >= 11 is 6.15. The molecule has 1 fully saturated rings. The van der Waals surface area contributed by atoms with E-state index in [1.54, 1.807) is 0 Å². The highest BCUT2D eigenvalue weighted by molar-refractivity contribution is 6.33. The van der Waals surface area contributed by atoms with E-state index in [-0.39, 0.29) is 0 Å². The molecule has 0 radical (unpaired) electrons. The maximum absolute atomic E-state index is 6.15. The van der Waals surface area contributed by atoms with Crippen LogP contribution in [0.5, 0.6) is 0 Å². The summed E-state index contributed by atoms with van der Waals surface area (Å²) in [5.41, 5.74) is 9.44. The fraction of sp³-hybridized carbons (Fsp3) is 0.600. The van der Waals surface area contributed by atoms with Crippen molar-refractivity contribution in [1.82, 2.24) is 0 Å². The summed E-state index contributed by atoms with van der Waals surface area (Å²) in [6.07, 6.45) is 3.77. The predicted molar refractivity (Wildman–Crippen MR) is 80.4 cm³/mol. The van der Waals surface area contributed by atoms with E-state index in [1.807, 2.05) is 12.1 Å². The molecule has 0 spiro atoms. The van der Waals surface area contributed by atoms with Gasteiger partial charge in [0.15, 0.2) is 0 Å². The van der Waals surface area contributed by atoms with Crippen LogP contribution in [0, 0.1) is 12.3 Å². The highest BCUT2D eigenvalue weighted by atomic mass is 35.5. The number of benzene rings is 1. The van der Waals surface area contributed by atoms with E-state index in [2.05, 4.69) is 25.7 Å². The number of nitrogens with two attached hydrogens (primary N) is 1. The second kappa shape index (κ2) is 5.00. The lowest BCUT2D eigenvalue weighted by Crippen LogP contribution is -2.25. The van der Waals surface area contributed by atoms with E-state index in [0.29, 0.717) is 16.1 Å². The Balaban J connectivity index is 2.24. The zero-order valence-corrected chi connectivity index (χ0v) is 12.3. The van der Waals surface area contributed by atoms with Gasteiger partial charge in [-0.1, -0.05) is 25.4 Å². The van der Waals surface area contributed by atoms with Crippen LogP contribution in [-0.4, -0.2) is 13.1 Å². The second-order valence-corrected chi connectivity index (χ2v) is 6.57. The van der Waals surface area contributed by atoms with Gasteiger partial charge in [-0.05, 0) is 49.3 Å². The lowest BCUT2D eigenvalue weighted by Gasteiger charge is -2.26. The molecule has 0 saturated carbocycles. The Morgan fingerprint density at radius 2 is 1.94 bits per heavy atom. The summed E-state index contributed by atoms with van der Waals surface area (Å²) in [7, 11) is 0. The van der Waals surface area contributed by atoms with Crippen LogP contribution in [0.4, 0.5) is 11.4 Å². The number of nitrogen functional groups attached to an aromatic ring is 1. The number of nitrogens with zero attached hydrogens (tertiary/aromatic N) is 1. The van der Waals surface area contributed by atoms with Gasteiger partial charge >= 0.3 is 0 Å². The summed E-state index contributed by atoms with van der Waals surface area (Å²) in [6, 6.07) is 4.00. The molecular weight excluding hydrogens is 244 g/mol. The SMILES string of the molecule is Cc1cc(N)c(Cl)cc1N1CCCC(C)(C)CC1. The molecule has 0 aliphatic carbocycles. The van der Waals surface area contributed by atoms with E-state index >= 15 is 0 Å². The minimum atomic E-state index is 0.459. The number of anilines is 2. The van der Waals surface area contributed by atoms with Crippen molar-refractivity contribution in [2.75, 3.05) is 23.7 Å². The Morgan fingerprint density at radius 3 is 2.67 bits per heavy atom. The van der Waals surface area contributed by atoms with Crippen LogP contribution in [0.25, 0.3) is 0 Å². The summed E-state index contributed by atoms with van der Waals surface area (Å²) in [5, 5.41) is 0.666. The summed E-state index contributed by atoms with van der Waals surface area (Å²) in [4.78, 5) is 2.45. The number of hydrogen-bond acceptors (Lipinski definition) is 2. The monoisotopic (exact) mass is 266 g/mol. The van der Waals surface area contributed by atoms with Crippen LogP contribution in [0.3, 0.4) is 0 Å². The largest absolute Gasteiger partial charge is 0.398 e. The van der Waals surface area contributed by atoms with Gasteiger partial charge in [-0.3, -0.25) is 0 Å². The average molecular weight is 267 g/mol. The first-order valence-corrected chi connectivity index (χ1v) is 7.07. The minimum absolute atomic E-state index is 0.459. The molecule has 0 aromatic heterocycles. The van der Waals surface area contributed by atoms with E-state index in [1.165, 1.54) is 30.5 Å². The van der Waals surface area contributed by atoms with Crippen molar-refractivity contribution in [1.29, 1.82) is 0 Å². The molecule has 0 unspecified atom stereocenters. The molecule has 1 aromatic carbocycles. The van der Waals surface area contributed by atoms with Crippen molar-refractivity contribution >= 4 is 23.0 Å². The third kappa shape index (κ3) is 2.92. The van der Waals surface area contributed by atoms with E-state index in [4.69, 9.17) is 17.3 Å². The van der Waals surface area contributed by atoms with Gasteiger partial charge in [0.25, 0.3) is 0 Å². The van der Waals surface area contributed by atoms with Crippen molar-refractivity contribution < 1.29 is 0 Å². The molecule has 3 heteroatoms. The lowest BCUT2D eigenvalue weighted by atomic mass is 9.85. The third-order valence-corrected chi connectivity index (χ3v) is 4.32. The van der Waals surface area contributed by atoms with Crippen LogP contribution >= 0.6 is 11.6 Å². The molecule has 1 aliphatic rings. The zero-order valence-electron chi connectivity index (χ0n) is 11.6. The summed E-state index contributed by atoms with van der Waals surface area (Å²) < 4.78 is 0. The number of hydrogen-bond donors (Lipinski definition) is 1. The zero-order chi connectivity index (χ0) is 13.3. The van der Waals surface area contributed by atoms with Gasteiger partial charge < -0.3 is 10.6 Å². The summed E-state index contributed by atoms with van der Waals surface area (Å²) in [5.74, 6) is 0. The van der Waals surface area contributed by atoms with Gasteiger partial charge in [-0.15, -0.1) is 0 Å². The van der Waals surface area contributed by atoms with E-state index in [0.717, 1.165) is 13.1 Å². The summed E-state index contributed by atoms with van der Waals surface area (Å²) in [6.45, 7) is 9.05. The molecule has 0 atom stereocenters. The molecule has 1 aliphatic heterocycles. The molecule has 100 valence electrons. The van der Waals surface area contributed by atoms with Crippen LogP contribution in [0.1, 0.15) is 38.7 Å². The minimum Gasteiger partial charge on any atom is -0.398 e. The smallest absolute Gasteiger partial charge is 0.0656 e. The Morgan fingerprint density at radius 1 is 1.22 bits per heavy atom. The van der Waals surface area contributed by atoms with Gasteiger partial charge in [0.1, 0.15) is 0 Å². The van der Waals surface area contributed by atoms with Gasteiger partial charge in [-0.25, -0.2) is 0 Å². The molecule has 18 heavy (non-hydrogen) atoms. The second-order valence-electron chi connectivity index (χ2n) is 6.17. The van der Waals surface area contributed by atoms with E-state index < -0.39 is 0 Å². The van der Waals surface area contributed by atoms with Crippen LogP contribution in [-0.2, 0) is 0 Å². The van der Waals surface area contributed by atoms with Crippen LogP contribution in [0.2, 0.25) is 5.02 Å². The fourth-order valence-corrected chi connectivity index (χ4v) is 2.86. The maximum atomic E-state index is 6.15. The first kappa shape index (κ1) is 13.5. The Kier molecular flexibility index (Phi) is 3.76. The average Bonchev–Trinajstić information content (AvgIpc) is 2.45. The maximum Gasteiger partial charge on any atom is 0.0656 e. The van der Waals surface area contributed by atoms with Crippen molar-refractivity contribution in [3.8, 4) is 0 Å². The third-order valence-electron chi connectivity index (χ3n) is 4.00. The molecule has 0 bridgehead atoms. The first-order chi connectivity index (χ1) is 8.39. The molecule has 2 N–H and O–H groups in total. The number of aryl methyl sites for hydroxylation is 1. The number of halogens is 1. The van der Waals surface area contributed by atoms with Crippen molar-refractivity contribution in [3.05, 3.63) is 22.7 Å². The topological polar surface area (TPSA) is 29.3 Å². The highest BCUT2D eigenvalue weighted by Gasteiger charge is 2.24. The van der Waals surface area contributed by atoms with Gasteiger partial charge in [0.05, 0.1) is 10.7 Å². The standard InChI is InChI=1S/C15H23ClN2/c1-11-9-13(17)12(16)10-14(11)18-7-4-5-15(2,3)6-8-18/h9-10H,4-8,17H2,1-3H3. The van der Waals surface area contributed by atoms with E-state index in [9.17, 15) is 0 Å². The first-order valence-electron chi connectivity index (χ1n) is 6.70. The Labute approximate surface area is 115 Å². The molecule has 0 amide bonds. The molecule has 1 saturated heterocycles. The normalized spacial score (nSPS) is 19.7. The molecule has 2 nitrogen and oxygen atoms in total. The lowest BCUT2D eigenvalue weighted by molar-refractivity contribution is 0.325. The van der Waals surface area contributed by atoms with Gasteiger partial charge in [-0.2, -0.15) is 0 Å².